The number of benzene rings is 2. The molecule has 0 spiro atoms. The van der Waals surface area contributed by atoms with E-state index < -0.39 is 5.97 Å². The molecule has 0 saturated carbocycles. The maximum Gasteiger partial charge on any atom is 0.316 e. The number of hydrogen-bond donors (Lipinski definition) is 1. The van der Waals surface area contributed by atoms with Crippen LogP contribution in [0.3, 0.4) is 0 Å². The van der Waals surface area contributed by atoms with Crippen LogP contribution < -0.4 is 5.32 Å². The van der Waals surface area contributed by atoms with Crippen LogP contribution in [0.2, 0.25) is 5.02 Å². The van der Waals surface area contributed by atoms with Gasteiger partial charge in [-0.1, -0.05) is 35.9 Å². The number of halogens is 1. The summed E-state index contributed by atoms with van der Waals surface area (Å²) < 4.78 is 10.1. The molecule has 0 fully saturated rings. The molecule has 3 rings (SSSR count). The van der Waals surface area contributed by atoms with Crippen molar-refractivity contribution in [1.82, 2.24) is 5.32 Å². The first kappa shape index (κ1) is 18.4. The Morgan fingerprint density at radius 3 is 2.69 bits per heavy atom. The van der Waals surface area contributed by atoms with E-state index >= 15 is 0 Å². The Bertz CT molecular complexity index is 906. The second-order valence-corrected chi connectivity index (χ2v) is 6.82. The van der Waals surface area contributed by atoms with Gasteiger partial charge in [0, 0.05) is 15.3 Å². The minimum Gasteiger partial charge on any atom is -0.467 e. The van der Waals surface area contributed by atoms with Crippen molar-refractivity contribution < 1.29 is 18.7 Å². The molecule has 0 aliphatic heterocycles. The molecule has 0 atom stereocenters. The standard InChI is InChI=1S/C19H16ClNO4S/c20-15-7-1-4-13-5-2-8-16(19(13)15)26-12-18(23)25-11-17(22)21-10-14-6-3-9-24-14/h1-9H,10-12H2,(H,21,22). The number of fused-ring (bicyclic) bond motifs is 1. The molecule has 1 amide bonds. The summed E-state index contributed by atoms with van der Waals surface area (Å²) in [5, 5.41) is 5.16. The number of furan rings is 1. The van der Waals surface area contributed by atoms with Crippen LogP contribution in [-0.4, -0.2) is 24.2 Å². The van der Waals surface area contributed by atoms with Gasteiger partial charge in [-0.2, -0.15) is 0 Å². The highest BCUT2D eigenvalue weighted by molar-refractivity contribution is 8.00. The minimum absolute atomic E-state index is 0.0931. The number of esters is 1. The van der Waals surface area contributed by atoms with Gasteiger partial charge in [0.1, 0.15) is 5.76 Å². The SMILES string of the molecule is O=C(COC(=O)CSc1cccc2cccc(Cl)c12)NCc1ccco1. The summed E-state index contributed by atoms with van der Waals surface area (Å²) in [7, 11) is 0. The lowest BCUT2D eigenvalue weighted by atomic mass is 10.1. The first-order chi connectivity index (χ1) is 12.6. The lowest BCUT2D eigenvalue weighted by Crippen LogP contribution is -2.28. The largest absolute Gasteiger partial charge is 0.467 e. The van der Waals surface area contributed by atoms with E-state index in [0.29, 0.717) is 10.8 Å². The lowest BCUT2D eigenvalue weighted by molar-refractivity contribution is -0.146. The summed E-state index contributed by atoms with van der Waals surface area (Å²) in [4.78, 5) is 24.5. The van der Waals surface area contributed by atoms with Gasteiger partial charge in [0.2, 0.25) is 0 Å². The highest BCUT2D eigenvalue weighted by atomic mass is 35.5. The third kappa shape index (κ3) is 4.80. The van der Waals surface area contributed by atoms with Gasteiger partial charge < -0.3 is 14.5 Å². The molecule has 1 aromatic heterocycles. The molecule has 7 heteroatoms. The van der Waals surface area contributed by atoms with Crippen molar-refractivity contribution in [3.63, 3.8) is 0 Å². The van der Waals surface area contributed by atoms with E-state index in [-0.39, 0.29) is 24.8 Å². The van der Waals surface area contributed by atoms with Gasteiger partial charge >= 0.3 is 5.97 Å². The first-order valence-corrected chi connectivity index (χ1v) is 9.24. The second kappa shape index (κ2) is 8.78. The molecule has 0 saturated heterocycles. The van der Waals surface area contributed by atoms with Gasteiger partial charge in [-0.05, 0) is 29.7 Å². The van der Waals surface area contributed by atoms with Gasteiger partial charge in [0.15, 0.2) is 6.61 Å². The summed E-state index contributed by atoms with van der Waals surface area (Å²) in [6.07, 6.45) is 1.53. The number of thioether (sulfide) groups is 1. The van der Waals surface area contributed by atoms with Crippen molar-refractivity contribution in [2.75, 3.05) is 12.4 Å². The van der Waals surface area contributed by atoms with E-state index in [0.717, 1.165) is 15.7 Å². The van der Waals surface area contributed by atoms with Gasteiger partial charge in [0.05, 0.1) is 18.6 Å². The Morgan fingerprint density at radius 2 is 1.92 bits per heavy atom. The molecule has 0 radical (unpaired) electrons. The van der Waals surface area contributed by atoms with Crippen LogP contribution >= 0.6 is 23.4 Å². The zero-order valence-electron chi connectivity index (χ0n) is 13.7. The third-order valence-corrected chi connectivity index (χ3v) is 4.91. The molecule has 134 valence electrons. The molecular formula is C19H16ClNO4S. The number of rotatable bonds is 7. The summed E-state index contributed by atoms with van der Waals surface area (Å²) in [5.74, 6) is -0.122. The summed E-state index contributed by atoms with van der Waals surface area (Å²) in [5.41, 5.74) is 0. The van der Waals surface area contributed by atoms with Crippen LogP contribution in [0.1, 0.15) is 5.76 Å². The molecule has 26 heavy (non-hydrogen) atoms. The van der Waals surface area contributed by atoms with Crippen LogP contribution in [-0.2, 0) is 20.9 Å². The maximum absolute atomic E-state index is 11.9. The van der Waals surface area contributed by atoms with Crippen molar-refractivity contribution >= 4 is 46.0 Å². The molecule has 2 aromatic carbocycles. The number of nitrogens with one attached hydrogen (secondary N) is 1. The molecule has 0 unspecified atom stereocenters. The number of amides is 1. The van der Waals surface area contributed by atoms with Crippen molar-refractivity contribution in [2.45, 2.75) is 11.4 Å². The van der Waals surface area contributed by atoms with Crippen molar-refractivity contribution in [1.29, 1.82) is 0 Å². The predicted octanol–water partition coefficient (Wildman–Crippen LogP) is 4.04. The highest BCUT2D eigenvalue weighted by Gasteiger charge is 2.11. The first-order valence-electron chi connectivity index (χ1n) is 7.88. The van der Waals surface area contributed by atoms with Crippen molar-refractivity contribution in [2.24, 2.45) is 0 Å². The lowest BCUT2D eigenvalue weighted by Gasteiger charge is -2.08. The smallest absolute Gasteiger partial charge is 0.316 e. The van der Waals surface area contributed by atoms with E-state index in [9.17, 15) is 9.59 Å². The van der Waals surface area contributed by atoms with E-state index in [1.54, 1.807) is 12.1 Å². The Kier molecular flexibility index (Phi) is 6.20. The maximum atomic E-state index is 11.9. The van der Waals surface area contributed by atoms with Crippen LogP contribution in [0.5, 0.6) is 0 Å². The van der Waals surface area contributed by atoms with Gasteiger partial charge in [-0.25, -0.2) is 0 Å². The van der Waals surface area contributed by atoms with Crippen LogP contribution in [0.4, 0.5) is 0 Å². The highest BCUT2D eigenvalue weighted by Crippen LogP contribution is 2.33. The fourth-order valence-corrected chi connectivity index (χ4v) is 3.60. The van der Waals surface area contributed by atoms with E-state index in [1.807, 2.05) is 36.4 Å². The summed E-state index contributed by atoms with van der Waals surface area (Å²) in [6.45, 7) is -0.0664. The van der Waals surface area contributed by atoms with E-state index in [2.05, 4.69) is 5.32 Å². The third-order valence-electron chi connectivity index (χ3n) is 3.57. The van der Waals surface area contributed by atoms with Crippen molar-refractivity contribution in [3.05, 3.63) is 65.6 Å². The zero-order valence-corrected chi connectivity index (χ0v) is 15.3. The number of ether oxygens (including phenoxy) is 1. The molecule has 5 nitrogen and oxygen atoms in total. The Balaban J connectivity index is 1.48. The van der Waals surface area contributed by atoms with Gasteiger partial charge in [-0.15, -0.1) is 11.8 Å². The predicted molar refractivity (Wildman–Crippen MR) is 101 cm³/mol. The quantitative estimate of drug-likeness (QED) is 0.488. The molecule has 3 aromatic rings. The second-order valence-electron chi connectivity index (χ2n) is 5.40. The fourth-order valence-electron chi connectivity index (χ4n) is 2.36. The van der Waals surface area contributed by atoms with Crippen LogP contribution in [0, 0.1) is 0 Å². The van der Waals surface area contributed by atoms with Crippen LogP contribution in [0.25, 0.3) is 10.8 Å². The Labute approximate surface area is 159 Å². The summed E-state index contributed by atoms with van der Waals surface area (Å²) >= 11 is 7.60. The molecule has 1 N–H and O–H groups in total. The molecule has 1 heterocycles. The minimum atomic E-state index is -0.466. The molecular weight excluding hydrogens is 374 g/mol. The van der Waals surface area contributed by atoms with Gasteiger partial charge in [-0.3, -0.25) is 9.59 Å². The fraction of sp³-hybridized carbons (Fsp3) is 0.158. The van der Waals surface area contributed by atoms with Gasteiger partial charge in [0.25, 0.3) is 5.91 Å². The monoisotopic (exact) mass is 389 g/mol. The van der Waals surface area contributed by atoms with E-state index in [4.69, 9.17) is 20.8 Å². The van der Waals surface area contributed by atoms with E-state index in [1.165, 1.54) is 18.0 Å². The molecule has 0 aliphatic carbocycles. The normalized spacial score (nSPS) is 10.7. The van der Waals surface area contributed by atoms with Crippen LogP contribution in [0.15, 0.2) is 64.1 Å². The Morgan fingerprint density at radius 1 is 1.12 bits per heavy atom. The molecule has 0 bridgehead atoms. The summed E-state index contributed by atoms with van der Waals surface area (Å²) in [6, 6.07) is 14.9. The topological polar surface area (TPSA) is 68.5 Å². The average Bonchev–Trinajstić information content (AvgIpc) is 3.16. The molecule has 0 aliphatic rings. The number of carbonyl (C=O) groups is 2. The average molecular weight is 390 g/mol. The zero-order chi connectivity index (χ0) is 18.4. The van der Waals surface area contributed by atoms with Crippen molar-refractivity contribution in [3.8, 4) is 0 Å². The Hall–Kier alpha value is -2.44. The number of carbonyl (C=O) groups excluding carboxylic acids is 2. The number of hydrogen-bond acceptors (Lipinski definition) is 5.